The summed E-state index contributed by atoms with van der Waals surface area (Å²) >= 11 is 0. The van der Waals surface area contributed by atoms with E-state index in [2.05, 4.69) is 11.9 Å². The molecule has 178 valence electrons. The van der Waals surface area contributed by atoms with Crippen LogP contribution in [0.25, 0.3) is 0 Å². The SMILES string of the molecule is C=CC[C@H](CNC(=O)OC/C=C/Cc1ccccc1)C(=O)N1C(=O)OC[C@H]1Cc1ccccc1. The molecule has 0 radical (unpaired) electrons. The molecule has 1 aliphatic heterocycles. The van der Waals surface area contributed by atoms with Gasteiger partial charge in [-0.1, -0.05) is 78.9 Å². The van der Waals surface area contributed by atoms with Gasteiger partial charge >= 0.3 is 12.2 Å². The van der Waals surface area contributed by atoms with E-state index in [9.17, 15) is 14.4 Å². The number of hydrogen-bond acceptors (Lipinski definition) is 5. The van der Waals surface area contributed by atoms with Crippen molar-refractivity contribution in [1.29, 1.82) is 0 Å². The molecule has 1 saturated heterocycles. The van der Waals surface area contributed by atoms with Gasteiger partial charge < -0.3 is 14.8 Å². The summed E-state index contributed by atoms with van der Waals surface area (Å²) in [6, 6.07) is 19.2. The van der Waals surface area contributed by atoms with Gasteiger partial charge in [0.2, 0.25) is 5.91 Å². The Kier molecular flexibility index (Phi) is 9.46. The van der Waals surface area contributed by atoms with E-state index in [0.29, 0.717) is 12.8 Å². The highest BCUT2D eigenvalue weighted by Crippen LogP contribution is 2.21. The number of carbonyl (C=O) groups is 3. The zero-order valence-electron chi connectivity index (χ0n) is 19.1. The Morgan fingerprint density at radius 2 is 1.76 bits per heavy atom. The Balaban J connectivity index is 1.49. The second kappa shape index (κ2) is 13.0. The van der Waals surface area contributed by atoms with Crippen molar-refractivity contribution in [3.8, 4) is 0 Å². The van der Waals surface area contributed by atoms with E-state index in [0.717, 1.165) is 12.0 Å². The van der Waals surface area contributed by atoms with Crippen LogP contribution in [-0.4, -0.2) is 48.8 Å². The van der Waals surface area contributed by atoms with Crippen molar-refractivity contribution in [2.24, 2.45) is 5.92 Å². The monoisotopic (exact) mass is 462 g/mol. The number of benzene rings is 2. The first-order valence-electron chi connectivity index (χ1n) is 11.3. The van der Waals surface area contributed by atoms with Crippen molar-refractivity contribution in [3.05, 3.63) is 96.6 Å². The van der Waals surface area contributed by atoms with Gasteiger partial charge in [0.1, 0.15) is 13.2 Å². The van der Waals surface area contributed by atoms with Crippen LogP contribution in [0.4, 0.5) is 9.59 Å². The molecule has 0 bridgehead atoms. The first-order chi connectivity index (χ1) is 16.6. The van der Waals surface area contributed by atoms with Crippen LogP contribution in [0.2, 0.25) is 0 Å². The highest BCUT2D eigenvalue weighted by Gasteiger charge is 2.40. The molecule has 3 rings (SSSR count). The molecule has 0 spiro atoms. The van der Waals surface area contributed by atoms with Crippen LogP contribution in [-0.2, 0) is 27.1 Å². The normalized spacial score (nSPS) is 16.2. The summed E-state index contributed by atoms with van der Waals surface area (Å²) in [6.07, 6.45) is 5.56. The number of allylic oxidation sites excluding steroid dienone is 2. The fourth-order valence-electron chi connectivity index (χ4n) is 3.72. The van der Waals surface area contributed by atoms with E-state index >= 15 is 0 Å². The van der Waals surface area contributed by atoms with E-state index < -0.39 is 30.1 Å². The molecule has 2 aromatic rings. The van der Waals surface area contributed by atoms with Crippen molar-refractivity contribution >= 4 is 18.1 Å². The van der Waals surface area contributed by atoms with Crippen LogP contribution in [0.5, 0.6) is 0 Å². The smallest absolute Gasteiger partial charge is 0.416 e. The van der Waals surface area contributed by atoms with Crippen LogP contribution >= 0.6 is 0 Å². The average Bonchev–Trinajstić information content (AvgIpc) is 3.22. The van der Waals surface area contributed by atoms with Gasteiger partial charge in [-0.25, -0.2) is 14.5 Å². The minimum Gasteiger partial charge on any atom is -0.447 e. The Labute approximate surface area is 200 Å². The topological polar surface area (TPSA) is 84.9 Å². The Morgan fingerprint density at radius 3 is 2.44 bits per heavy atom. The number of imide groups is 1. The lowest BCUT2D eigenvalue weighted by atomic mass is 10.0. The van der Waals surface area contributed by atoms with E-state index in [-0.39, 0.29) is 19.8 Å². The van der Waals surface area contributed by atoms with Crippen LogP contribution in [0, 0.1) is 5.92 Å². The molecule has 1 N–H and O–H groups in total. The lowest BCUT2D eigenvalue weighted by Gasteiger charge is -2.24. The molecule has 1 aliphatic rings. The Morgan fingerprint density at radius 1 is 1.09 bits per heavy atom. The van der Waals surface area contributed by atoms with Crippen molar-refractivity contribution in [3.63, 3.8) is 0 Å². The Bertz CT molecular complexity index is 991. The van der Waals surface area contributed by atoms with E-state index in [1.54, 1.807) is 12.2 Å². The van der Waals surface area contributed by atoms with Gasteiger partial charge in [0.05, 0.1) is 12.0 Å². The van der Waals surface area contributed by atoms with E-state index in [1.807, 2.05) is 66.7 Å². The predicted octanol–water partition coefficient (Wildman–Crippen LogP) is 4.29. The molecule has 2 aromatic carbocycles. The van der Waals surface area contributed by atoms with Gasteiger partial charge in [0, 0.05) is 6.54 Å². The quantitative estimate of drug-likeness (QED) is 0.504. The van der Waals surface area contributed by atoms with Crippen molar-refractivity contribution in [1.82, 2.24) is 10.2 Å². The molecule has 0 aliphatic carbocycles. The summed E-state index contributed by atoms with van der Waals surface area (Å²) in [5.41, 5.74) is 2.17. The first kappa shape index (κ1) is 24.8. The molecule has 1 heterocycles. The zero-order chi connectivity index (χ0) is 24.2. The van der Waals surface area contributed by atoms with Crippen LogP contribution in [0.15, 0.2) is 85.5 Å². The molecular formula is C27H30N2O5. The molecular weight excluding hydrogens is 432 g/mol. The molecule has 34 heavy (non-hydrogen) atoms. The van der Waals surface area contributed by atoms with Crippen LogP contribution < -0.4 is 5.32 Å². The average molecular weight is 463 g/mol. The standard InChI is InChI=1S/C27H30N2O5/c1-2-11-23(19-28-26(31)33-17-10-9-14-21-12-5-3-6-13-21)25(30)29-24(20-34-27(29)32)18-22-15-7-4-8-16-22/h2-10,12-13,15-16,23-24H,1,11,14,17-20H2,(H,28,31)/b10-9+/t23-,24-/m1/s1. The lowest BCUT2D eigenvalue weighted by molar-refractivity contribution is -0.133. The predicted molar refractivity (Wildman–Crippen MR) is 129 cm³/mol. The number of rotatable bonds is 11. The highest BCUT2D eigenvalue weighted by molar-refractivity contribution is 5.95. The number of alkyl carbamates (subject to hydrolysis) is 1. The third kappa shape index (κ3) is 7.33. The van der Waals surface area contributed by atoms with Gasteiger partial charge in [0.15, 0.2) is 0 Å². The van der Waals surface area contributed by atoms with Gasteiger partial charge in [-0.05, 0) is 30.4 Å². The summed E-state index contributed by atoms with van der Waals surface area (Å²) in [7, 11) is 0. The number of cyclic esters (lactones) is 1. The van der Waals surface area contributed by atoms with E-state index in [4.69, 9.17) is 9.47 Å². The lowest BCUT2D eigenvalue weighted by Crippen LogP contribution is -2.46. The maximum atomic E-state index is 13.2. The number of ether oxygens (including phenoxy) is 2. The number of amides is 3. The largest absolute Gasteiger partial charge is 0.447 e. The minimum atomic E-state index is -0.661. The van der Waals surface area contributed by atoms with Gasteiger partial charge in [-0.3, -0.25) is 4.79 Å². The molecule has 0 unspecified atom stereocenters. The van der Waals surface area contributed by atoms with Gasteiger partial charge in [-0.2, -0.15) is 0 Å². The summed E-state index contributed by atoms with van der Waals surface area (Å²) < 4.78 is 10.3. The maximum absolute atomic E-state index is 13.2. The third-order valence-electron chi connectivity index (χ3n) is 5.48. The van der Waals surface area contributed by atoms with Crippen molar-refractivity contribution < 1.29 is 23.9 Å². The fourth-order valence-corrected chi connectivity index (χ4v) is 3.72. The molecule has 3 amide bonds. The summed E-state index contributed by atoms with van der Waals surface area (Å²) in [4.78, 5) is 38.7. The van der Waals surface area contributed by atoms with E-state index in [1.165, 1.54) is 10.5 Å². The molecule has 7 nitrogen and oxygen atoms in total. The summed E-state index contributed by atoms with van der Waals surface area (Å²) in [6.45, 7) is 3.99. The first-order valence-corrected chi connectivity index (χ1v) is 11.3. The van der Waals surface area contributed by atoms with Crippen LogP contribution in [0.1, 0.15) is 17.5 Å². The number of hydrogen-bond donors (Lipinski definition) is 1. The summed E-state index contributed by atoms with van der Waals surface area (Å²) in [5, 5.41) is 2.62. The van der Waals surface area contributed by atoms with Crippen LogP contribution in [0.3, 0.4) is 0 Å². The van der Waals surface area contributed by atoms with Gasteiger partial charge in [-0.15, -0.1) is 6.58 Å². The van der Waals surface area contributed by atoms with Gasteiger partial charge in [0.25, 0.3) is 0 Å². The zero-order valence-corrected chi connectivity index (χ0v) is 19.1. The number of nitrogens with zero attached hydrogens (tertiary/aromatic N) is 1. The molecule has 0 saturated carbocycles. The fraction of sp³-hybridized carbons (Fsp3) is 0.296. The minimum absolute atomic E-state index is 0.0270. The number of nitrogens with one attached hydrogen (secondary N) is 1. The van der Waals surface area contributed by atoms with Crippen molar-refractivity contribution in [2.75, 3.05) is 19.8 Å². The molecule has 2 atom stereocenters. The second-order valence-electron chi connectivity index (χ2n) is 7.99. The second-order valence-corrected chi connectivity index (χ2v) is 7.99. The Hall–Kier alpha value is -3.87. The molecule has 0 aromatic heterocycles. The summed E-state index contributed by atoms with van der Waals surface area (Å²) in [5.74, 6) is -1.05. The molecule has 1 fully saturated rings. The van der Waals surface area contributed by atoms with Crippen molar-refractivity contribution in [2.45, 2.75) is 25.3 Å². The number of carbonyl (C=O) groups excluding carboxylic acids is 3. The molecule has 7 heteroatoms. The highest BCUT2D eigenvalue weighted by atomic mass is 16.6. The maximum Gasteiger partial charge on any atom is 0.416 e. The third-order valence-corrected chi connectivity index (χ3v) is 5.48.